The van der Waals surface area contributed by atoms with Crippen molar-refractivity contribution in [1.29, 1.82) is 0 Å². The SMILES string of the molecule is CC[C@@H](CCCCCC(=O)O)NC(C)=O. The van der Waals surface area contributed by atoms with Crippen LogP contribution in [0, 0.1) is 0 Å². The number of carboxylic acid groups (broad SMARTS) is 1. The Bertz CT molecular complexity index is 204. The van der Waals surface area contributed by atoms with Crippen LogP contribution in [0.3, 0.4) is 0 Å². The molecule has 0 aromatic carbocycles. The summed E-state index contributed by atoms with van der Waals surface area (Å²) >= 11 is 0. The molecule has 0 heterocycles. The lowest BCUT2D eigenvalue weighted by atomic mass is 10.1. The van der Waals surface area contributed by atoms with E-state index in [4.69, 9.17) is 5.11 Å². The number of nitrogens with one attached hydrogen (secondary N) is 1. The van der Waals surface area contributed by atoms with Gasteiger partial charge in [0.1, 0.15) is 0 Å². The van der Waals surface area contributed by atoms with Gasteiger partial charge in [-0.3, -0.25) is 9.59 Å². The quantitative estimate of drug-likeness (QED) is 0.608. The highest BCUT2D eigenvalue weighted by molar-refractivity contribution is 5.73. The second kappa shape index (κ2) is 8.26. The second-order valence-electron chi connectivity index (χ2n) is 3.80. The molecule has 0 saturated heterocycles. The van der Waals surface area contributed by atoms with Crippen molar-refractivity contribution in [2.75, 3.05) is 0 Å². The Labute approximate surface area is 91.1 Å². The number of rotatable bonds is 8. The van der Waals surface area contributed by atoms with Gasteiger partial charge in [0, 0.05) is 19.4 Å². The van der Waals surface area contributed by atoms with Crippen LogP contribution in [0.25, 0.3) is 0 Å². The molecule has 2 N–H and O–H groups in total. The third-order valence-corrected chi connectivity index (χ3v) is 2.34. The van der Waals surface area contributed by atoms with Gasteiger partial charge in [0.25, 0.3) is 0 Å². The molecule has 0 aliphatic carbocycles. The van der Waals surface area contributed by atoms with Crippen LogP contribution in [0.5, 0.6) is 0 Å². The van der Waals surface area contributed by atoms with E-state index in [1.165, 1.54) is 6.92 Å². The summed E-state index contributed by atoms with van der Waals surface area (Å²) in [5.74, 6) is -0.726. The monoisotopic (exact) mass is 215 g/mol. The zero-order chi connectivity index (χ0) is 11.7. The van der Waals surface area contributed by atoms with Crippen molar-refractivity contribution >= 4 is 11.9 Å². The lowest BCUT2D eigenvalue weighted by Crippen LogP contribution is -2.32. The summed E-state index contributed by atoms with van der Waals surface area (Å²) in [5, 5.41) is 11.3. The molecule has 0 radical (unpaired) electrons. The first kappa shape index (κ1) is 13.9. The van der Waals surface area contributed by atoms with Gasteiger partial charge in [-0.2, -0.15) is 0 Å². The van der Waals surface area contributed by atoms with Gasteiger partial charge in [0.15, 0.2) is 0 Å². The van der Waals surface area contributed by atoms with E-state index >= 15 is 0 Å². The molecule has 0 fully saturated rings. The Balaban J connectivity index is 3.46. The van der Waals surface area contributed by atoms with Crippen molar-refractivity contribution in [1.82, 2.24) is 5.32 Å². The number of hydrogen-bond donors (Lipinski definition) is 2. The van der Waals surface area contributed by atoms with E-state index in [9.17, 15) is 9.59 Å². The molecule has 0 aliphatic rings. The Hall–Kier alpha value is -1.06. The minimum absolute atomic E-state index is 0.00684. The van der Waals surface area contributed by atoms with Gasteiger partial charge in [0.2, 0.25) is 5.91 Å². The fraction of sp³-hybridized carbons (Fsp3) is 0.818. The molecule has 0 rings (SSSR count). The van der Waals surface area contributed by atoms with Gasteiger partial charge in [0.05, 0.1) is 0 Å². The first-order chi connectivity index (χ1) is 7.06. The molecule has 0 aromatic rings. The summed E-state index contributed by atoms with van der Waals surface area (Å²) in [6.07, 6.45) is 4.74. The maximum atomic E-state index is 10.8. The largest absolute Gasteiger partial charge is 0.481 e. The fourth-order valence-corrected chi connectivity index (χ4v) is 1.51. The molecule has 4 nitrogen and oxygen atoms in total. The lowest BCUT2D eigenvalue weighted by Gasteiger charge is -2.15. The van der Waals surface area contributed by atoms with Crippen LogP contribution in [0.15, 0.2) is 0 Å². The highest BCUT2D eigenvalue weighted by Crippen LogP contribution is 2.08. The van der Waals surface area contributed by atoms with Gasteiger partial charge in [-0.25, -0.2) is 0 Å². The Morgan fingerprint density at radius 1 is 1.27 bits per heavy atom. The maximum Gasteiger partial charge on any atom is 0.303 e. The predicted octanol–water partition coefficient (Wildman–Crippen LogP) is 1.94. The zero-order valence-corrected chi connectivity index (χ0v) is 9.58. The summed E-state index contributed by atoms with van der Waals surface area (Å²) < 4.78 is 0. The van der Waals surface area contributed by atoms with E-state index in [0.29, 0.717) is 0 Å². The topological polar surface area (TPSA) is 66.4 Å². The maximum absolute atomic E-state index is 10.8. The highest BCUT2D eigenvalue weighted by Gasteiger charge is 2.06. The summed E-state index contributed by atoms with van der Waals surface area (Å²) in [6, 6.07) is 0.243. The molecule has 0 saturated carbocycles. The van der Waals surface area contributed by atoms with Crippen LogP contribution in [-0.4, -0.2) is 23.0 Å². The van der Waals surface area contributed by atoms with Crippen molar-refractivity contribution in [3.63, 3.8) is 0 Å². The summed E-state index contributed by atoms with van der Waals surface area (Å²) in [7, 11) is 0. The molecular weight excluding hydrogens is 194 g/mol. The molecular formula is C11H21NO3. The van der Waals surface area contributed by atoms with Crippen LogP contribution in [0.1, 0.15) is 52.4 Å². The predicted molar refractivity (Wildman–Crippen MR) is 58.6 cm³/mol. The summed E-state index contributed by atoms with van der Waals surface area (Å²) in [5.41, 5.74) is 0. The molecule has 4 heteroatoms. The summed E-state index contributed by atoms with van der Waals surface area (Å²) in [6.45, 7) is 3.56. The fourth-order valence-electron chi connectivity index (χ4n) is 1.51. The van der Waals surface area contributed by atoms with Crippen LogP contribution in [0.4, 0.5) is 0 Å². The Morgan fingerprint density at radius 2 is 1.93 bits per heavy atom. The average Bonchev–Trinajstić information content (AvgIpc) is 2.14. The number of hydrogen-bond acceptors (Lipinski definition) is 2. The van der Waals surface area contributed by atoms with Crippen LogP contribution < -0.4 is 5.32 Å². The van der Waals surface area contributed by atoms with Crippen LogP contribution in [-0.2, 0) is 9.59 Å². The van der Waals surface area contributed by atoms with E-state index in [-0.39, 0.29) is 18.4 Å². The molecule has 0 unspecified atom stereocenters. The first-order valence-corrected chi connectivity index (χ1v) is 5.55. The van der Waals surface area contributed by atoms with E-state index in [0.717, 1.165) is 32.1 Å². The van der Waals surface area contributed by atoms with Crippen molar-refractivity contribution in [3.05, 3.63) is 0 Å². The van der Waals surface area contributed by atoms with E-state index < -0.39 is 5.97 Å². The molecule has 88 valence electrons. The Morgan fingerprint density at radius 3 is 2.40 bits per heavy atom. The number of carboxylic acids is 1. The number of amides is 1. The van der Waals surface area contributed by atoms with Gasteiger partial charge < -0.3 is 10.4 Å². The van der Waals surface area contributed by atoms with Crippen molar-refractivity contribution in [2.24, 2.45) is 0 Å². The van der Waals surface area contributed by atoms with Gasteiger partial charge >= 0.3 is 5.97 Å². The summed E-state index contributed by atoms with van der Waals surface area (Å²) in [4.78, 5) is 21.0. The zero-order valence-electron chi connectivity index (χ0n) is 9.58. The van der Waals surface area contributed by atoms with Crippen LogP contribution in [0.2, 0.25) is 0 Å². The third-order valence-electron chi connectivity index (χ3n) is 2.34. The smallest absolute Gasteiger partial charge is 0.303 e. The normalized spacial score (nSPS) is 12.1. The average molecular weight is 215 g/mol. The second-order valence-corrected chi connectivity index (χ2v) is 3.80. The number of aliphatic carboxylic acids is 1. The van der Waals surface area contributed by atoms with E-state index in [2.05, 4.69) is 5.32 Å². The molecule has 0 spiro atoms. The third kappa shape index (κ3) is 9.25. The Kier molecular flexibility index (Phi) is 7.68. The van der Waals surface area contributed by atoms with Gasteiger partial charge in [-0.15, -0.1) is 0 Å². The molecule has 0 aromatic heterocycles. The molecule has 0 bridgehead atoms. The minimum Gasteiger partial charge on any atom is -0.481 e. The first-order valence-electron chi connectivity index (χ1n) is 5.55. The van der Waals surface area contributed by atoms with E-state index in [1.807, 2.05) is 6.92 Å². The molecule has 1 atom stereocenters. The van der Waals surface area contributed by atoms with Crippen molar-refractivity contribution in [2.45, 2.75) is 58.4 Å². The molecule has 0 aliphatic heterocycles. The minimum atomic E-state index is -0.732. The lowest BCUT2D eigenvalue weighted by molar-refractivity contribution is -0.137. The number of unbranched alkanes of at least 4 members (excludes halogenated alkanes) is 2. The van der Waals surface area contributed by atoms with Gasteiger partial charge in [-0.05, 0) is 19.3 Å². The molecule has 1 amide bonds. The van der Waals surface area contributed by atoms with E-state index in [1.54, 1.807) is 0 Å². The number of carbonyl (C=O) groups excluding carboxylic acids is 1. The van der Waals surface area contributed by atoms with Gasteiger partial charge in [-0.1, -0.05) is 19.8 Å². The van der Waals surface area contributed by atoms with Crippen LogP contribution >= 0.6 is 0 Å². The number of carbonyl (C=O) groups is 2. The van der Waals surface area contributed by atoms with Crippen molar-refractivity contribution < 1.29 is 14.7 Å². The highest BCUT2D eigenvalue weighted by atomic mass is 16.4. The molecule has 15 heavy (non-hydrogen) atoms. The van der Waals surface area contributed by atoms with Crippen molar-refractivity contribution in [3.8, 4) is 0 Å². The standard InChI is InChI=1S/C11H21NO3/c1-3-10(12-9(2)13)7-5-4-6-8-11(14)15/h10H,3-8H2,1-2H3,(H,12,13)(H,14,15)/t10-/m0/s1.